The van der Waals surface area contributed by atoms with Crippen LogP contribution in [0.3, 0.4) is 0 Å². The van der Waals surface area contributed by atoms with Crippen LogP contribution in [-0.2, 0) is 9.59 Å². The van der Waals surface area contributed by atoms with Gasteiger partial charge >= 0.3 is 0 Å². The maximum Gasteiger partial charge on any atom is 0.156 e. The van der Waals surface area contributed by atoms with Gasteiger partial charge in [-0.3, -0.25) is 9.59 Å². The van der Waals surface area contributed by atoms with E-state index in [-0.39, 0.29) is 29.5 Å². The summed E-state index contributed by atoms with van der Waals surface area (Å²) in [4.78, 5) is 28.6. The molecule has 4 aliphatic carbocycles. The number of carbonyl (C=O) groups is 2. The fraction of sp³-hybridized carbons (Fsp3) is 0.600. The number of allylic oxidation sites excluding steroid dienone is 4. The molecular formula is C35H43NO3. The Hall–Kier alpha value is -2.64. The van der Waals surface area contributed by atoms with Crippen molar-refractivity contribution in [1.82, 2.24) is 0 Å². The number of ketones is 2. The normalized spacial score (nSPS) is 33.9. The number of carbonyl (C=O) groups excluding carboxylic acids is 2. The van der Waals surface area contributed by atoms with Crippen LogP contribution in [0.15, 0.2) is 47.1 Å². The SMILES string of the molecule is CCC(=O)[C@@]1(C#CCO)CC[C@H]2[C@@H]3CCC4=CC(=O)CCC4=C3C(c3ccc(N4CCCCC4)cc3)C[C@@]21C. The van der Waals surface area contributed by atoms with Gasteiger partial charge in [0.05, 0.1) is 5.41 Å². The Morgan fingerprint density at radius 3 is 2.56 bits per heavy atom. The lowest BCUT2D eigenvalue weighted by Crippen LogP contribution is -2.50. The lowest BCUT2D eigenvalue weighted by molar-refractivity contribution is -0.132. The molecule has 0 spiro atoms. The van der Waals surface area contributed by atoms with Crippen LogP contribution in [0.25, 0.3) is 0 Å². The van der Waals surface area contributed by atoms with Crippen LogP contribution in [0, 0.1) is 34.5 Å². The van der Waals surface area contributed by atoms with Gasteiger partial charge in [0.15, 0.2) is 11.6 Å². The van der Waals surface area contributed by atoms with Crippen molar-refractivity contribution in [2.75, 3.05) is 24.6 Å². The zero-order valence-corrected chi connectivity index (χ0v) is 23.7. The maximum atomic E-state index is 13.7. The van der Waals surface area contributed by atoms with Gasteiger partial charge in [0.1, 0.15) is 6.61 Å². The summed E-state index contributed by atoms with van der Waals surface area (Å²) in [6.07, 6.45) is 12.4. The molecule has 1 saturated heterocycles. The monoisotopic (exact) mass is 525 g/mol. The molecule has 2 saturated carbocycles. The van der Waals surface area contributed by atoms with Crippen molar-refractivity contribution in [3.8, 4) is 11.8 Å². The van der Waals surface area contributed by atoms with E-state index in [0.717, 1.165) is 51.6 Å². The van der Waals surface area contributed by atoms with E-state index in [1.165, 1.54) is 41.7 Å². The summed E-state index contributed by atoms with van der Waals surface area (Å²) in [5.74, 6) is 7.87. The predicted octanol–water partition coefficient (Wildman–Crippen LogP) is 6.54. The van der Waals surface area contributed by atoms with Crippen LogP contribution in [-0.4, -0.2) is 36.4 Å². The van der Waals surface area contributed by atoms with E-state index in [2.05, 4.69) is 47.9 Å². The molecule has 4 nitrogen and oxygen atoms in total. The molecular weight excluding hydrogens is 482 g/mol. The number of aliphatic hydroxyl groups is 1. The zero-order valence-electron chi connectivity index (χ0n) is 23.7. The molecule has 0 radical (unpaired) electrons. The lowest BCUT2D eigenvalue weighted by atomic mass is 9.48. The lowest BCUT2D eigenvalue weighted by Gasteiger charge is -2.54. The Morgan fingerprint density at radius 2 is 1.85 bits per heavy atom. The first-order chi connectivity index (χ1) is 18.9. The quantitative estimate of drug-likeness (QED) is 0.454. The number of benzene rings is 1. The second-order valence-corrected chi connectivity index (χ2v) is 12.8. The third-order valence-corrected chi connectivity index (χ3v) is 11.1. The van der Waals surface area contributed by atoms with Gasteiger partial charge in [-0.2, -0.15) is 0 Å². The molecule has 1 aromatic rings. The van der Waals surface area contributed by atoms with Crippen molar-refractivity contribution < 1.29 is 14.7 Å². The van der Waals surface area contributed by atoms with Gasteiger partial charge in [0.25, 0.3) is 0 Å². The largest absolute Gasteiger partial charge is 0.384 e. The number of anilines is 1. The second-order valence-electron chi connectivity index (χ2n) is 12.8. The van der Waals surface area contributed by atoms with E-state index in [1.807, 2.05) is 13.0 Å². The standard InChI is InChI=1S/C35H43NO3/c1-3-32(39)35(17-7-21-37)18-16-31-29-14-10-25-22-27(38)13-15-28(25)33(29)30(23-34(31,35)2)24-8-11-26(12-9-24)36-19-5-4-6-20-36/h8-9,11-12,22,29-31,37H,3-6,10,13-16,18-21,23H2,1-2H3/t29-,30?,31-,34-,35+/m0/s1. The molecule has 0 bridgehead atoms. The maximum absolute atomic E-state index is 13.7. The van der Waals surface area contributed by atoms with E-state index >= 15 is 0 Å². The van der Waals surface area contributed by atoms with Crippen molar-refractivity contribution in [2.45, 2.75) is 90.4 Å². The minimum atomic E-state index is -0.698. The minimum Gasteiger partial charge on any atom is -0.384 e. The summed E-state index contributed by atoms with van der Waals surface area (Å²) < 4.78 is 0. The fourth-order valence-electron chi connectivity index (χ4n) is 9.28. The van der Waals surface area contributed by atoms with Crippen LogP contribution < -0.4 is 4.90 Å². The number of piperidine rings is 1. The molecule has 1 N–H and O–H groups in total. The molecule has 1 unspecified atom stereocenters. The first kappa shape index (κ1) is 26.6. The van der Waals surface area contributed by atoms with Gasteiger partial charge in [0.2, 0.25) is 0 Å². The Labute approximate surface area is 233 Å². The third-order valence-electron chi connectivity index (χ3n) is 11.1. The number of hydrogen-bond donors (Lipinski definition) is 1. The van der Waals surface area contributed by atoms with Crippen molar-refractivity contribution >= 4 is 17.3 Å². The Morgan fingerprint density at radius 1 is 1.08 bits per heavy atom. The summed E-state index contributed by atoms with van der Waals surface area (Å²) >= 11 is 0. The average Bonchev–Trinajstić information content (AvgIpc) is 3.28. The van der Waals surface area contributed by atoms with E-state index in [1.54, 1.807) is 5.57 Å². The number of nitrogens with zero attached hydrogens (tertiary/aromatic N) is 1. The number of hydrogen-bond acceptors (Lipinski definition) is 4. The highest BCUT2D eigenvalue weighted by atomic mass is 16.2. The number of rotatable bonds is 4. The van der Waals surface area contributed by atoms with E-state index in [4.69, 9.17) is 0 Å². The zero-order chi connectivity index (χ0) is 27.2. The minimum absolute atomic E-state index is 0.207. The van der Waals surface area contributed by atoms with Gasteiger partial charge < -0.3 is 10.0 Å². The molecule has 1 aliphatic heterocycles. The number of Topliss-reactive ketones (excluding diaryl/α,β-unsaturated/α-hetero) is 1. The van der Waals surface area contributed by atoms with Gasteiger partial charge in [-0.05, 0) is 110 Å². The molecule has 206 valence electrons. The highest BCUT2D eigenvalue weighted by Crippen LogP contribution is 2.69. The van der Waals surface area contributed by atoms with Crippen molar-refractivity contribution in [3.05, 3.63) is 52.6 Å². The summed E-state index contributed by atoms with van der Waals surface area (Å²) in [7, 11) is 0. The molecule has 0 aromatic heterocycles. The molecule has 1 heterocycles. The van der Waals surface area contributed by atoms with Crippen LogP contribution in [0.5, 0.6) is 0 Å². The van der Waals surface area contributed by atoms with Gasteiger partial charge in [0, 0.05) is 37.5 Å². The first-order valence-electron chi connectivity index (χ1n) is 15.4. The Bertz CT molecular complexity index is 1270. The smallest absolute Gasteiger partial charge is 0.156 e. The van der Waals surface area contributed by atoms with E-state index in [0.29, 0.717) is 24.7 Å². The molecule has 3 fully saturated rings. The van der Waals surface area contributed by atoms with E-state index in [9.17, 15) is 14.7 Å². The van der Waals surface area contributed by atoms with Crippen LogP contribution in [0.4, 0.5) is 5.69 Å². The van der Waals surface area contributed by atoms with Crippen LogP contribution in [0.2, 0.25) is 0 Å². The summed E-state index contributed by atoms with van der Waals surface area (Å²) in [6.45, 7) is 6.37. The average molecular weight is 526 g/mol. The third kappa shape index (κ3) is 4.24. The molecule has 4 heteroatoms. The summed E-state index contributed by atoms with van der Waals surface area (Å²) in [5.41, 5.74) is 5.97. The topological polar surface area (TPSA) is 57.6 Å². The second kappa shape index (κ2) is 10.4. The molecule has 0 amide bonds. The molecule has 6 rings (SSSR count). The van der Waals surface area contributed by atoms with Gasteiger partial charge in [-0.1, -0.05) is 43.4 Å². The summed E-state index contributed by atoms with van der Waals surface area (Å²) in [6, 6.07) is 9.30. The van der Waals surface area contributed by atoms with Crippen molar-refractivity contribution in [3.63, 3.8) is 0 Å². The van der Waals surface area contributed by atoms with Gasteiger partial charge in [-0.15, -0.1) is 0 Å². The van der Waals surface area contributed by atoms with Crippen molar-refractivity contribution in [1.29, 1.82) is 0 Å². The van der Waals surface area contributed by atoms with Crippen LogP contribution >= 0.6 is 0 Å². The summed E-state index contributed by atoms with van der Waals surface area (Å²) in [5, 5.41) is 9.65. The Kier molecular flexibility index (Phi) is 7.09. The molecule has 5 atom stereocenters. The molecule has 1 aromatic carbocycles. The fourth-order valence-corrected chi connectivity index (χ4v) is 9.28. The molecule has 39 heavy (non-hydrogen) atoms. The Balaban J connectivity index is 1.47. The van der Waals surface area contributed by atoms with Crippen molar-refractivity contribution in [2.24, 2.45) is 22.7 Å². The first-order valence-corrected chi connectivity index (χ1v) is 15.4. The highest BCUT2D eigenvalue weighted by Gasteiger charge is 2.65. The predicted molar refractivity (Wildman–Crippen MR) is 155 cm³/mol. The van der Waals surface area contributed by atoms with E-state index < -0.39 is 5.41 Å². The highest BCUT2D eigenvalue weighted by molar-refractivity contribution is 5.93. The van der Waals surface area contributed by atoms with Gasteiger partial charge in [-0.25, -0.2) is 0 Å². The van der Waals surface area contributed by atoms with Crippen LogP contribution in [0.1, 0.15) is 96.0 Å². The number of fused-ring (bicyclic) bond motifs is 4. The molecule has 5 aliphatic rings. The number of aliphatic hydroxyl groups excluding tert-OH is 1.